The maximum absolute atomic E-state index is 13.1. The smallest absolute Gasteiger partial charge is 0.249 e. The lowest BCUT2D eigenvalue weighted by Crippen LogP contribution is -2.60. The van der Waals surface area contributed by atoms with Gasteiger partial charge in [0, 0.05) is 0 Å². The van der Waals surface area contributed by atoms with Crippen LogP contribution in [0.25, 0.3) is 0 Å². The molecular formula is C50H93NO9. The van der Waals surface area contributed by atoms with E-state index in [-0.39, 0.29) is 6.61 Å². The SMILES string of the molecule is CCCCCCCCCC/C=C\CCCCCCCCC(O)C(=O)NC(COC1OC(CO)C(O)C(O)C1O)C(O)/C=C/CC/C=C/CCCCCCCCCCCCC. The Bertz CT molecular complexity index is 1050. The summed E-state index contributed by atoms with van der Waals surface area (Å²) < 4.78 is 11.1. The first kappa shape index (κ1) is 56.4. The molecule has 0 aromatic carbocycles. The molecule has 352 valence electrons. The number of unbranched alkanes of at least 4 members (excludes halogenated alkanes) is 26. The van der Waals surface area contributed by atoms with Gasteiger partial charge in [-0.15, -0.1) is 0 Å². The Balaban J connectivity index is 2.41. The van der Waals surface area contributed by atoms with Crippen LogP contribution >= 0.6 is 0 Å². The third-order valence-corrected chi connectivity index (χ3v) is 11.8. The molecule has 1 amide bonds. The number of hydrogen-bond acceptors (Lipinski definition) is 9. The van der Waals surface area contributed by atoms with Crippen molar-refractivity contribution in [2.24, 2.45) is 0 Å². The molecule has 1 saturated heterocycles. The summed E-state index contributed by atoms with van der Waals surface area (Å²) in [6.45, 7) is 3.59. The Kier molecular flexibility index (Phi) is 37.7. The number of aliphatic hydroxyl groups is 6. The fraction of sp³-hybridized carbons (Fsp3) is 0.860. The van der Waals surface area contributed by atoms with Gasteiger partial charge in [0.25, 0.3) is 0 Å². The summed E-state index contributed by atoms with van der Waals surface area (Å²) in [6, 6.07) is -0.998. The van der Waals surface area contributed by atoms with Crippen LogP contribution in [0.5, 0.6) is 0 Å². The number of hydrogen-bond donors (Lipinski definition) is 7. The Morgan fingerprint density at radius 1 is 0.567 bits per heavy atom. The van der Waals surface area contributed by atoms with Crippen LogP contribution in [-0.4, -0.2) is 98.7 Å². The van der Waals surface area contributed by atoms with Crippen LogP contribution in [0.4, 0.5) is 0 Å². The molecule has 1 rings (SSSR count). The monoisotopic (exact) mass is 852 g/mol. The molecule has 10 heteroatoms. The maximum atomic E-state index is 13.1. The van der Waals surface area contributed by atoms with Crippen molar-refractivity contribution in [3.05, 3.63) is 36.5 Å². The Hall–Kier alpha value is -1.63. The van der Waals surface area contributed by atoms with Crippen LogP contribution < -0.4 is 5.32 Å². The summed E-state index contributed by atoms with van der Waals surface area (Å²) in [6.07, 6.45) is 39.4. The van der Waals surface area contributed by atoms with E-state index in [2.05, 4.69) is 43.5 Å². The maximum Gasteiger partial charge on any atom is 0.249 e. The van der Waals surface area contributed by atoms with Gasteiger partial charge in [-0.05, 0) is 57.8 Å². The van der Waals surface area contributed by atoms with Gasteiger partial charge in [0.15, 0.2) is 6.29 Å². The van der Waals surface area contributed by atoms with E-state index in [1.54, 1.807) is 6.08 Å². The molecule has 7 N–H and O–H groups in total. The first-order valence-corrected chi connectivity index (χ1v) is 24.8. The summed E-state index contributed by atoms with van der Waals surface area (Å²) in [7, 11) is 0. The minimum Gasteiger partial charge on any atom is -0.394 e. The fourth-order valence-electron chi connectivity index (χ4n) is 7.70. The third kappa shape index (κ3) is 29.6. The van der Waals surface area contributed by atoms with Crippen LogP contribution in [-0.2, 0) is 14.3 Å². The quantitative estimate of drug-likeness (QED) is 0.0234. The van der Waals surface area contributed by atoms with E-state index in [1.807, 2.05) is 6.08 Å². The van der Waals surface area contributed by atoms with E-state index in [0.29, 0.717) is 19.3 Å². The van der Waals surface area contributed by atoms with Gasteiger partial charge in [0.05, 0.1) is 25.4 Å². The molecule has 0 radical (unpaired) electrons. The van der Waals surface area contributed by atoms with Crippen LogP contribution in [0, 0.1) is 0 Å². The normalized spacial score (nSPS) is 21.4. The van der Waals surface area contributed by atoms with Crippen molar-refractivity contribution in [1.82, 2.24) is 5.32 Å². The lowest BCUT2D eigenvalue weighted by Gasteiger charge is -2.40. The largest absolute Gasteiger partial charge is 0.394 e. The summed E-state index contributed by atoms with van der Waals surface area (Å²) >= 11 is 0. The molecule has 0 spiro atoms. The summed E-state index contributed by atoms with van der Waals surface area (Å²) in [5.41, 5.74) is 0. The first-order chi connectivity index (χ1) is 29.3. The fourth-order valence-corrected chi connectivity index (χ4v) is 7.70. The Labute approximate surface area is 366 Å². The summed E-state index contributed by atoms with van der Waals surface area (Å²) in [4.78, 5) is 13.1. The molecule has 1 heterocycles. The van der Waals surface area contributed by atoms with Crippen molar-refractivity contribution >= 4 is 5.91 Å². The van der Waals surface area contributed by atoms with Crippen molar-refractivity contribution < 1.29 is 44.9 Å². The molecule has 8 atom stereocenters. The number of allylic oxidation sites excluding steroid dienone is 5. The zero-order chi connectivity index (χ0) is 43.9. The number of nitrogens with one attached hydrogen (secondary N) is 1. The van der Waals surface area contributed by atoms with E-state index in [4.69, 9.17) is 9.47 Å². The van der Waals surface area contributed by atoms with Gasteiger partial charge in [0.2, 0.25) is 5.91 Å². The highest BCUT2D eigenvalue weighted by atomic mass is 16.7. The van der Waals surface area contributed by atoms with Crippen LogP contribution in [0.3, 0.4) is 0 Å². The molecule has 60 heavy (non-hydrogen) atoms. The highest BCUT2D eigenvalue weighted by Crippen LogP contribution is 2.23. The van der Waals surface area contributed by atoms with E-state index in [9.17, 15) is 35.4 Å². The molecule has 1 fully saturated rings. The minimum absolute atomic E-state index is 0.297. The van der Waals surface area contributed by atoms with Gasteiger partial charge in [-0.2, -0.15) is 0 Å². The average molecular weight is 852 g/mol. The molecule has 0 aromatic rings. The first-order valence-electron chi connectivity index (χ1n) is 24.8. The second-order valence-electron chi connectivity index (χ2n) is 17.4. The molecule has 8 unspecified atom stereocenters. The molecular weight excluding hydrogens is 759 g/mol. The summed E-state index contributed by atoms with van der Waals surface area (Å²) in [5, 5.41) is 64.7. The summed E-state index contributed by atoms with van der Waals surface area (Å²) in [5.74, 6) is -0.631. The number of aliphatic hydroxyl groups excluding tert-OH is 6. The lowest BCUT2D eigenvalue weighted by molar-refractivity contribution is -0.302. The van der Waals surface area contributed by atoms with E-state index in [0.717, 1.165) is 38.5 Å². The highest BCUT2D eigenvalue weighted by molar-refractivity contribution is 5.80. The zero-order valence-corrected chi connectivity index (χ0v) is 38.3. The molecule has 1 aliphatic rings. The second-order valence-corrected chi connectivity index (χ2v) is 17.4. The van der Waals surface area contributed by atoms with Crippen molar-refractivity contribution in [2.75, 3.05) is 13.2 Å². The van der Waals surface area contributed by atoms with Gasteiger partial charge >= 0.3 is 0 Å². The van der Waals surface area contributed by atoms with E-state index < -0.39 is 61.5 Å². The topological polar surface area (TPSA) is 169 Å². The molecule has 0 aromatic heterocycles. The number of ether oxygens (including phenoxy) is 2. The van der Waals surface area contributed by atoms with Gasteiger partial charge in [0.1, 0.15) is 30.5 Å². The van der Waals surface area contributed by atoms with Crippen molar-refractivity contribution in [3.63, 3.8) is 0 Å². The number of amides is 1. The highest BCUT2D eigenvalue weighted by Gasteiger charge is 2.44. The van der Waals surface area contributed by atoms with Crippen LogP contribution in [0.15, 0.2) is 36.5 Å². The van der Waals surface area contributed by atoms with E-state index in [1.165, 1.54) is 141 Å². The zero-order valence-electron chi connectivity index (χ0n) is 38.3. The standard InChI is InChI=1S/C50H93NO9/c1-3-5-7-9-11-13-15-17-19-21-23-25-27-29-31-33-35-37-39-44(54)49(58)51-42(41-59-50-48(57)47(56)46(55)45(40-52)60-50)43(53)38-36-34-32-30-28-26-24-22-20-18-16-14-12-10-8-6-4-2/h21,23,28,30,36,38,42-48,50,52-57H,3-20,22,24-27,29,31-35,37,39-41H2,1-2H3,(H,51,58)/b23-21-,30-28+,38-36+. The van der Waals surface area contributed by atoms with Crippen LogP contribution in [0.1, 0.15) is 213 Å². The minimum atomic E-state index is -1.62. The third-order valence-electron chi connectivity index (χ3n) is 11.8. The van der Waals surface area contributed by atoms with Gasteiger partial charge in [-0.25, -0.2) is 0 Å². The predicted molar refractivity (Wildman–Crippen MR) is 246 cm³/mol. The van der Waals surface area contributed by atoms with E-state index >= 15 is 0 Å². The average Bonchev–Trinajstić information content (AvgIpc) is 3.25. The van der Waals surface area contributed by atoms with Crippen molar-refractivity contribution in [1.29, 1.82) is 0 Å². The van der Waals surface area contributed by atoms with Gasteiger partial charge in [-0.1, -0.05) is 192 Å². The number of rotatable bonds is 41. The molecule has 0 aliphatic carbocycles. The Morgan fingerprint density at radius 3 is 1.45 bits per heavy atom. The number of carbonyl (C=O) groups excluding carboxylic acids is 1. The van der Waals surface area contributed by atoms with Crippen LogP contribution in [0.2, 0.25) is 0 Å². The predicted octanol–water partition coefficient (Wildman–Crippen LogP) is 9.81. The van der Waals surface area contributed by atoms with Gasteiger partial charge in [-0.3, -0.25) is 4.79 Å². The molecule has 1 aliphatic heterocycles. The molecule has 10 nitrogen and oxygen atoms in total. The number of carbonyl (C=O) groups is 1. The lowest BCUT2D eigenvalue weighted by atomic mass is 9.99. The van der Waals surface area contributed by atoms with Gasteiger partial charge < -0.3 is 45.4 Å². The molecule has 0 bridgehead atoms. The second kappa shape index (κ2) is 40.2. The van der Waals surface area contributed by atoms with Crippen molar-refractivity contribution in [2.45, 2.75) is 262 Å². The Morgan fingerprint density at radius 2 is 0.983 bits per heavy atom. The van der Waals surface area contributed by atoms with Crippen molar-refractivity contribution in [3.8, 4) is 0 Å². The molecule has 0 saturated carbocycles.